The van der Waals surface area contributed by atoms with E-state index in [0.717, 1.165) is 0 Å². The van der Waals surface area contributed by atoms with Gasteiger partial charge in [-0.1, -0.05) is 26.7 Å². The van der Waals surface area contributed by atoms with Crippen molar-refractivity contribution in [3.63, 3.8) is 0 Å². The smallest absolute Gasteiger partial charge is 0.198 e. The second-order valence-corrected chi connectivity index (χ2v) is 2.68. The fraction of sp³-hybridized carbons (Fsp3) is 1.00. The van der Waals surface area contributed by atoms with Crippen LogP contribution < -0.4 is 0 Å². The minimum atomic E-state index is 0.122. The highest BCUT2D eigenvalue weighted by atomic mass is 17.4. The van der Waals surface area contributed by atoms with E-state index in [9.17, 15) is 0 Å². The maximum Gasteiger partial charge on any atom is 0.227 e. The molecular weight excluding hydrogens is 116 g/mol. The zero-order chi connectivity index (χ0) is 6.69. The molecule has 0 aliphatic carbocycles. The van der Waals surface area contributed by atoms with Crippen LogP contribution in [-0.2, 0) is 9.78 Å². The van der Waals surface area contributed by atoms with Crippen LogP contribution in [0.25, 0.3) is 0 Å². The van der Waals surface area contributed by atoms with Crippen LogP contribution in [0.3, 0.4) is 0 Å². The van der Waals surface area contributed by atoms with Gasteiger partial charge in [-0.3, -0.25) is 0 Å². The number of unbranched alkanes of at least 4 members (excludes halogenated alkanes) is 1. The van der Waals surface area contributed by atoms with E-state index in [2.05, 4.69) is 23.6 Å². The van der Waals surface area contributed by atoms with Crippen molar-refractivity contribution in [3.05, 3.63) is 0 Å². The van der Waals surface area contributed by atoms with Crippen LogP contribution in [0.1, 0.15) is 33.1 Å². The van der Waals surface area contributed by atoms with Gasteiger partial charge in [0.05, 0.1) is 0 Å². The lowest BCUT2D eigenvalue weighted by atomic mass is 10.1. The molecule has 0 saturated carbocycles. The van der Waals surface area contributed by atoms with Gasteiger partial charge in [-0.15, -0.1) is 0 Å². The molecule has 0 amide bonds. The maximum absolute atomic E-state index is 4.67. The van der Waals surface area contributed by atoms with E-state index in [1.54, 1.807) is 0 Å². The van der Waals surface area contributed by atoms with E-state index >= 15 is 0 Å². The zero-order valence-corrected chi connectivity index (χ0v) is 6.09. The molecule has 1 unspecified atom stereocenters. The Labute approximate surface area is 56.1 Å². The molecule has 1 aliphatic heterocycles. The Morgan fingerprint density at radius 1 is 1.44 bits per heavy atom. The highest BCUT2D eigenvalue weighted by molar-refractivity contribution is 4.59. The molecule has 2 nitrogen and oxygen atoms in total. The first kappa shape index (κ1) is 7.03. The molecule has 0 radical (unpaired) electrons. The van der Waals surface area contributed by atoms with Crippen molar-refractivity contribution >= 4 is 0 Å². The maximum atomic E-state index is 4.67. The van der Waals surface area contributed by atoms with Crippen molar-refractivity contribution in [1.29, 1.82) is 0 Å². The minimum Gasteiger partial charge on any atom is -0.198 e. The van der Waals surface area contributed by atoms with Crippen LogP contribution >= 0.6 is 0 Å². The molecule has 0 bridgehead atoms. The zero-order valence-electron chi connectivity index (χ0n) is 6.09. The molecule has 1 aliphatic rings. The van der Waals surface area contributed by atoms with Gasteiger partial charge in [0.2, 0.25) is 6.29 Å². The van der Waals surface area contributed by atoms with Crippen LogP contribution in [0.15, 0.2) is 0 Å². The molecule has 0 aromatic heterocycles. The third-order valence-corrected chi connectivity index (χ3v) is 1.68. The number of rotatable bonds is 4. The van der Waals surface area contributed by atoms with Gasteiger partial charge < -0.3 is 0 Å². The van der Waals surface area contributed by atoms with Gasteiger partial charge in [0, 0.05) is 5.92 Å². The van der Waals surface area contributed by atoms with Gasteiger partial charge in [0.1, 0.15) is 0 Å². The normalized spacial score (nSPS) is 22.0. The Balaban J connectivity index is 1.96. The van der Waals surface area contributed by atoms with E-state index in [4.69, 9.17) is 0 Å². The van der Waals surface area contributed by atoms with Crippen molar-refractivity contribution < 1.29 is 9.78 Å². The van der Waals surface area contributed by atoms with Crippen molar-refractivity contribution in [1.82, 2.24) is 0 Å². The summed E-state index contributed by atoms with van der Waals surface area (Å²) in [6.07, 6.45) is 3.89. The van der Waals surface area contributed by atoms with Gasteiger partial charge in [0.25, 0.3) is 0 Å². The Morgan fingerprint density at radius 3 is 2.56 bits per heavy atom. The monoisotopic (exact) mass is 130 g/mol. The standard InChI is InChI=1S/C7H14O2/c1-3-4-5-6(2)7-8-9-7/h6-7H,3-5H2,1-2H3. The summed E-state index contributed by atoms with van der Waals surface area (Å²) in [7, 11) is 0. The molecule has 0 aromatic rings. The Morgan fingerprint density at radius 2 is 2.11 bits per heavy atom. The van der Waals surface area contributed by atoms with E-state index in [-0.39, 0.29) is 6.29 Å². The first-order valence-corrected chi connectivity index (χ1v) is 3.66. The molecule has 1 saturated heterocycles. The molecule has 1 fully saturated rings. The molecule has 9 heavy (non-hydrogen) atoms. The summed E-state index contributed by atoms with van der Waals surface area (Å²) in [6.45, 7) is 4.36. The van der Waals surface area contributed by atoms with E-state index in [0.29, 0.717) is 5.92 Å². The molecule has 0 aromatic carbocycles. The Bertz CT molecular complexity index is 79.0. The van der Waals surface area contributed by atoms with Crippen LogP contribution in [0, 0.1) is 5.92 Å². The van der Waals surface area contributed by atoms with Crippen LogP contribution in [0.5, 0.6) is 0 Å². The predicted octanol–water partition coefficient (Wildman–Crippen LogP) is 2.10. The summed E-state index contributed by atoms with van der Waals surface area (Å²) in [5, 5.41) is 0. The molecular formula is C7H14O2. The third kappa shape index (κ3) is 2.33. The second kappa shape index (κ2) is 3.18. The van der Waals surface area contributed by atoms with E-state index in [1.165, 1.54) is 19.3 Å². The van der Waals surface area contributed by atoms with Crippen LogP contribution in [-0.4, -0.2) is 6.29 Å². The fourth-order valence-corrected chi connectivity index (χ4v) is 0.884. The topological polar surface area (TPSA) is 25.1 Å². The summed E-state index contributed by atoms with van der Waals surface area (Å²) >= 11 is 0. The predicted molar refractivity (Wildman–Crippen MR) is 34.6 cm³/mol. The van der Waals surface area contributed by atoms with Crippen molar-refractivity contribution in [2.75, 3.05) is 0 Å². The number of hydrogen-bond acceptors (Lipinski definition) is 2. The molecule has 2 heteroatoms. The van der Waals surface area contributed by atoms with Crippen molar-refractivity contribution in [2.24, 2.45) is 5.92 Å². The SMILES string of the molecule is CCCCC(C)C1OO1. The van der Waals surface area contributed by atoms with Gasteiger partial charge >= 0.3 is 0 Å². The fourth-order valence-electron chi connectivity index (χ4n) is 0.884. The molecule has 0 spiro atoms. The lowest BCUT2D eigenvalue weighted by molar-refractivity contribution is 0.0850. The lowest BCUT2D eigenvalue weighted by Crippen LogP contribution is -2.01. The summed E-state index contributed by atoms with van der Waals surface area (Å²) in [5.41, 5.74) is 0. The largest absolute Gasteiger partial charge is 0.227 e. The summed E-state index contributed by atoms with van der Waals surface area (Å²) in [5.74, 6) is 0.588. The Hall–Kier alpha value is -0.0800. The van der Waals surface area contributed by atoms with Crippen LogP contribution in [0.4, 0.5) is 0 Å². The van der Waals surface area contributed by atoms with E-state index < -0.39 is 0 Å². The first-order chi connectivity index (χ1) is 4.34. The molecule has 54 valence electrons. The highest BCUT2D eigenvalue weighted by Gasteiger charge is 2.31. The summed E-state index contributed by atoms with van der Waals surface area (Å²) in [6, 6.07) is 0. The van der Waals surface area contributed by atoms with Crippen molar-refractivity contribution in [2.45, 2.75) is 39.4 Å². The summed E-state index contributed by atoms with van der Waals surface area (Å²) in [4.78, 5) is 9.33. The summed E-state index contributed by atoms with van der Waals surface area (Å²) < 4.78 is 0. The molecule has 1 atom stereocenters. The van der Waals surface area contributed by atoms with Crippen molar-refractivity contribution in [3.8, 4) is 0 Å². The molecule has 1 rings (SSSR count). The third-order valence-electron chi connectivity index (χ3n) is 1.68. The lowest BCUT2D eigenvalue weighted by Gasteiger charge is -2.01. The van der Waals surface area contributed by atoms with Crippen LogP contribution in [0.2, 0.25) is 0 Å². The van der Waals surface area contributed by atoms with Gasteiger partial charge in [-0.05, 0) is 6.42 Å². The average molecular weight is 130 g/mol. The quantitative estimate of drug-likeness (QED) is 0.430. The second-order valence-electron chi connectivity index (χ2n) is 2.68. The molecule has 1 heterocycles. The first-order valence-electron chi connectivity index (χ1n) is 3.66. The number of hydrogen-bond donors (Lipinski definition) is 0. The average Bonchev–Trinajstić information content (AvgIpc) is 2.63. The van der Waals surface area contributed by atoms with Gasteiger partial charge in [-0.25, -0.2) is 0 Å². The minimum absolute atomic E-state index is 0.122. The highest BCUT2D eigenvalue weighted by Crippen LogP contribution is 2.25. The Kier molecular flexibility index (Phi) is 2.49. The van der Waals surface area contributed by atoms with E-state index in [1.807, 2.05) is 0 Å². The van der Waals surface area contributed by atoms with Gasteiger partial charge in [-0.2, -0.15) is 9.78 Å². The molecule has 0 N–H and O–H groups in total. The van der Waals surface area contributed by atoms with Gasteiger partial charge in [0.15, 0.2) is 0 Å².